The first kappa shape index (κ1) is 24.9. The van der Waals surface area contributed by atoms with Crippen molar-refractivity contribution in [3.63, 3.8) is 0 Å². The molecule has 0 N–H and O–H groups in total. The smallest absolute Gasteiger partial charge is 0.255 e. The SMILES string of the molecule is CC(C)=CCC1=C(OC2(CC=C(C)C)C(=O)C(=O)c3ccccc3C2=O)C(=O)c2ccccc2C1=O. The lowest BCUT2D eigenvalue weighted by Gasteiger charge is -2.36. The van der Waals surface area contributed by atoms with Gasteiger partial charge >= 0.3 is 0 Å². The first-order valence-electron chi connectivity index (χ1n) is 11.7. The quantitative estimate of drug-likeness (QED) is 0.309. The fourth-order valence-corrected chi connectivity index (χ4v) is 4.35. The molecule has 2 aliphatic carbocycles. The summed E-state index contributed by atoms with van der Waals surface area (Å²) in [5.74, 6) is -4.03. The van der Waals surface area contributed by atoms with E-state index in [0.29, 0.717) is 0 Å². The van der Waals surface area contributed by atoms with Crippen LogP contribution >= 0.6 is 0 Å². The van der Waals surface area contributed by atoms with E-state index in [9.17, 15) is 24.0 Å². The maximum absolute atomic E-state index is 13.8. The van der Waals surface area contributed by atoms with Crippen LogP contribution in [0.15, 0.2) is 83.2 Å². The van der Waals surface area contributed by atoms with Gasteiger partial charge in [0.2, 0.25) is 23.0 Å². The molecular formula is C30H26O6. The van der Waals surface area contributed by atoms with Crippen molar-refractivity contribution in [1.29, 1.82) is 0 Å². The molecular weight excluding hydrogens is 456 g/mol. The second kappa shape index (κ2) is 9.46. The third kappa shape index (κ3) is 4.09. The Morgan fingerprint density at radius 1 is 0.667 bits per heavy atom. The van der Waals surface area contributed by atoms with Crippen LogP contribution in [-0.4, -0.2) is 34.5 Å². The number of Topliss-reactive ketones (excluding diaryl/α,β-unsaturated/α-hetero) is 5. The highest BCUT2D eigenvalue weighted by molar-refractivity contribution is 6.55. The minimum absolute atomic E-state index is 0.000869. The molecule has 0 aliphatic heterocycles. The summed E-state index contributed by atoms with van der Waals surface area (Å²) in [5, 5.41) is 0. The molecule has 2 aliphatic rings. The average molecular weight is 483 g/mol. The van der Waals surface area contributed by atoms with Gasteiger partial charge in [0.1, 0.15) is 0 Å². The van der Waals surface area contributed by atoms with Crippen LogP contribution in [-0.2, 0) is 9.53 Å². The molecule has 0 spiro atoms. The van der Waals surface area contributed by atoms with Crippen LogP contribution in [0.1, 0.15) is 82.0 Å². The number of ether oxygens (including phenoxy) is 1. The van der Waals surface area contributed by atoms with Gasteiger partial charge in [-0.15, -0.1) is 0 Å². The second-order valence-corrected chi connectivity index (χ2v) is 9.44. The number of fused-ring (bicyclic) bond motifs is 2. The molecule has 0 amide bonds. The summed E-state index contributed by atoms with van der Waals surface area (Å²) in [6, 6.07) is 12.4. The number of carbonyl (C=O) groups is 5. The lowest BCUT2D eigenvalue weighted by atomic mass is 9.75. The molecule has 6 nitrogen and oxygen atoms in total. The zero-order valence-electron chi connectivity index (χ0n) is 20.6. The number of ketones is 5. The Hall–Kier alpha value is -4.19. The maximum atomic E-state index is 13.8. The highest BCUT2D eigenvalue weighted by Gasteiger charge is 2.56. The molecule has 36 heavy (non-hydrogen) atoms. The van der Waals surface area contributed by atoms with E-state index < -0.39 is 34.5 Å². The molecule has 0 saturated carbocycles. The molecule has 0 saturated heterocycles. The normalized spacial score (nSPS) is 19.1. The molecule has 0 radical (unpaired) electrons. The molecule has 2 aromatic carbocycles. The van der Waals surface area contributed by atoms with Crippen molar-refractivity contribution >= 4 is 28.9 Å². The fraction of sp³-hybridized carbons (Fsp3) is 0.233. The van der Waals surface area contributed by atoms with Crippen LogP contribution in [0.5, 0.6) is 0 Å². The Morgan fingerprint density at radius 2 is 1.17 bits per heavy atom. The van der Waals surface area contributed by atoms with Gasteiger partial charge in [-0.05, 0) is 34.1 Å². The van der Waals surface area contributed by atoms with E-state index in [1.165, 1.54) is 18.2 Å². The van der Waals surface area contributed by atoms with E-state index >= 15 is 0 Å². The predicted octanol–water partition coefficient (Wildman–Crippen LogP) is 5.44. The van der Waals surface area contributed by atoms with Crippen LogP contribution < -0.4 is 0 Å². The highest BCUT2D eigenvalue weighted by Crippen LogP contribution is 2.38. The molecule has 0 bridgehead atoms. The standard InChI is InChI=1S/C30H26O6/c1-17(2)13-14-23-24(31)19-9-5-6-10-20(19)25(32)27(23)36-30(16-15-18(3)4)28(34)22-12-8-7-11-21(22)26(33)29(30)35/h5-13,15H,14,16H2,1-4H3. The van der Waals surface area contributed by atoms with Crippen LogP contribution in [0.2, 0.25) is 0 Å². The van der Waals surface area contributed by atoms with Crippen molar-refractivity contribution < 1.29 is 28.7 Å². The van der Waals surface area contributed by atoms with Crippen molar-refractivity contribution in [2.45, 2.75) is 46.1 Å². The maximum Gasteiger partial charge on any atom is 0.255 e. The number of carbonyl (C=O) groups excluding carboxylic acids is 5. The summed E-state index contributed by atoms with van der Waals surface area (Å²) >= 11 is 0. The third-order valence-corrected chi connectivity index (χ3v) is 6.32. The lowest BCUT2D eigenvalue weighted by Crippen LogP contribution is -2.56. The van der Waals surface area contributed by atoms with Crippen molar-refractivity contribution in [3.8, 4) is 0 Å². The Morgan fingerprint density at radius 3 is 1.72 bits per heavy atom. The Bertz CT molecular complexity index is 1430. The van der Waals surface area contributed by atoms with E-state index in [2.05, 4.69) is 0 Å². The Balaban J connectivity index is 1.95. The van der Waals surface area contributed by atoms with Crippen LogP contribution in [0.4, 0.5) is 0 Å². The van der Waals surface area contributed by atoms with Gasteiger partial charge in [-0.3, -0.25) is 24.0 Å². The van der Waals surface area contributed by atoms with Crippen molar-refractivity contribution in [2.75, 3.05) is 0 Å². The van der Waals surface area contributed by atoms with Crippen LogP contribution in [0.3, 0.4) is 0 Å². The van der Waals surface area contributed by atoms with Gasteiger partial charge in [-0.1, -0.05) is 71.8 Å². The second-order valence-electron chi connectivity index (χ2n) is 9.44. The molecule has 1 atom stereocenters. The summed E-state index contributed by atoms with van der Waals surface area (Å²) in [4.78, 5) is 67.6. The molecule has 0 fully saturated rings. The molecule has 1 unspecified atom stereocenters. The topological polar surface area (TPSA) is 94.6 Å². The summed E-state index contributed by atoms with van der Waals surface area (Å²) in [5.41, 5.74) is -0.148. The predicted molar refractivity (Wildman–Crippen MR) is 134 cm³/mol. The van der Waals surface area contributed by atoms with Gasteiger partial charge in [-0.2, -0.15) is 0 Å². The molecule has 182 valence electrons. The monoisotopic (exact) mass is 482 g/mol. The van der Waals surface area contributed by atoms with E-state index in [1.54, 1.807) is 56.3 Å². The highest BCUT2D eigenvalue weighted by atomic mass is 16.5. The summed E-state index contributed by atoms with van der Waals surface area (Å²) in [6.07, 6.45) is 3.21. The minimum Gasteiger partial charge on any atom is -0.466 e. The van der Waals surface area contributed by atoms with E-state index in [0.717, 1.165) is 11.1 Å². The van der Waals surface area contributed by atoms with Crippen molar-refractivity contribution in [3.05, 3.63) is 105 Å². The van der Waals surface area contributed by atoms with E-state index in [4.69, 9.17) is 4.74 Å². The summed E-state index contributed by atoms with van der Waals surface area (Å²) < 4.78 is 6.12. The Kier molecular flexibility index (Phi) is 6.55. The third-order valence-electron chi connectivity index (χ3n) is 6.32. The van der Waals surface area contributed by atoms with Gasteiger partial charge < -0.3 is 4.74 Å². The molecule has 6 heteroatoms. The zero-order valence-corrected chi connectivity index (χ0v) is 20.6. The van der Waals surface area contributed by atoms with Crippen LogP contribution in [0, 0.1) is 0 Å². The summed E-state index contributed by atoms with van der Waals surface area (Å²) in [6.45, 7) is 7.27. The van der Waals surface area contributed by atoms with Gasteiger partial charge in [0.25, 0.3) is 5.78 Å². The number of rotatable bonds is 6. The largest absolute Gasteiger partial charge is 0.466 e. The number of hydrogen-bond donors (Lipinski definition) is 0. The van der Waals surface area contributed by atoms with E-state index in [1.807, 2.05) is 13.8 Å². The van der Waals surface area contributed by atoms with Crippen molar-refractivity contribution in [2.24, 2.45) is 0 Å². The number of allylic oxidation sites excluding steroid dienone is 5. The minimum atomic E-state index is -2.30. The fourth-order valence-electron chi connectivity index (χ4n) is 4.35. The van der Waals surface area contributed by atoms with Gasteiger partial charge in [0.15, 0.2) is 11.5 Å². The number of benzene rings is 2. The van der Waals surface area contributed by atoms with Gasteiger partial charge in [0, 0.05) is 28.7 Å². The Labute approximate surface area is 209 Å². The summed E-state index contributed by atoms with van der Waals surface area (Å²) in [7, 11) is 0. The van der Waals surface area contributed by atoms with Gasteiger partial charge in [0.05, 0.1) is 5.57 Å². The average Bonchev–Trinajstić information content (AvgIpc) is 2.86. The molecule has 0 aromatic heterocycles. The molecule has 0 heterocycles. The molecule has 4 rings (SSSR count). The first-order valence-corrected chi connectivity index (χ1v) is 11.7. The van der Waals surface area contributed by atoms with E-state index in [-0.39, 0.29) is 46.4 Å². The number of hydrogen-bond acceptors (Lipinski definition) is 6. The van der Waals surface area contributed by atoms with Crippen LogP contribution in [0.25, 0.3) is 0 Å². The van der Waals surface area contributed by atoms with Crippen molar-refractivity contribution in [1.82, 2.24) is 0 Å². The zero-order chi connectivity index (χ0) is 26.2. The van der Waals surface area contributed by atoms with Gasteiger partial charge in [-0.25, -0.2) is 0 Å². The first-order chi connectivity index (χ1) is 17.1. The lowest BCUT2D eigenvalue weighted by molar-refractivity contribution is -0.129. The molecule has 2 aromatic rings.